The number of aliphatic hydroxyl groups is 1. The van der Waals surface area contributed by atoms with E-state index in [1.54, 1.807) is 30.5 Å². The lowest BCUT2D eigenvalue weighted by atomic mass is 10.0. The number of amides is 7. The Morgan fingerprint density at radius 2 is 1.10 bits per heavy atom. The molecule has 0 aliphatic rings. The normalized spacial score (nSPS) is 13.4. The Bertz CT molecular complexity index is 2470. The quantitative estimate of drug-likeness (QED) is 0.0131. The summed E-state index contributed by atoms with van der Waals surface area (Å²) in [6, 6.07) is -1.49. The third kappa shape index (κ3) is 18.4. The highest BCUT2D eigenvalue weighted by molar-refractivity contribution is 5.97. The Morgan fingerprint density at radius 3 is 1.63 bits per heavy atom. The average Bonchev–Trinajstić information content (AvgIpc) is 4.14. The van der Waals surface area contributed by atoms with E-state index in [-0.39, 0.29) is 70.0 Å². The second kappa shape index (κ2) is 28.0. The first-order valence-corrected chi connectivity index (χ1v) is 22.2. The Morgan fingerprint density at radius 1 is 0.606 bits per heavy atom. The van der Waals surface area contributed by atoms with Crippen molar-refractivity contribution in [3.63, 3.8) is 0 Å². The van der Waals surface area contributed by atoms with E-state index in [2.05, 4.69) is 72.1 Å². The molecule has 0 saturated heterocycles. The molecule has 29 nitrogen and oxygen atoms in total. The van der Waals surface area contributed by atoms with Gasteiger partial charge in [-0.3, -0.25) is 43.5 Å². The Balaban J connectivity index is 1.51. The summed E-state index contributed by atoms with van der Waals surface area (Å²) in [7, 11) is 0. The fraction of sp³-hybridized carbons (Fsp3) is 0.429. The lowest BCUT2D eigenvalue weighted by Gasteiger charge is -2.26. The first-order chi connectivity index (χ1) is 34.0. The van der Waals surface area contributed by atoms with Crippen LogP contribution in [0.1, 0.15) is 42.6 Å². The van der Waals surface area contributed by atoms with Crippen LogP contribution in [-0.2, 0) is 57.6 Å². The van der Waals surface area contributed by atoms with Crippen LogP contribution in [0.5, 0.6) is 0 Å². The fourth-order valence-electron chi connectivity index (χ4n) is 6.99. The number of aromatic nitrogens is 5. The molecule has 0 saturated carbocycles. The summed E-state index contributed by atoms with van der Waals surface area (Å²) in [5, 5.41) is 38.3. The van der Waals surface area contributed by atoms with Gasteiger partial charge in [-0.15, -0.1) is 0 Å². The lowest BCUT2D eigenvalue weighted by Crippen LogP contribution is -2.60. The number of carboxylic acids is 1. The van der Waals surface area contributed by atoms with E-state index >= 15 is 0 Å². The molecule has 4 rings (SSSR count). The van der Waals surface area contributed by atoms with E-state index in [1.165, 1.54) is 25.0 Å². The number of aliphatic carboxylic acids is 1. The lowest BCUT2D eigenvalue weighted by molar-refractivity contribution is -0.142. The summed E-state index contributed by atoms with van der Waals surface area (Å²) in [6.45, 7) is -1.99. The molecule has 0 spiro atoms. The number of guanidine groups is 2. The van der Waals surface area contributed by atoms with Crippen molar-refractivity contribution >= 4 is 70.1 Å². The number of aromatic amines is 3. The van der Waals surface area contributed by atoms with Crippen molar-refractivity contribution in [3.05, 3.63) is 72.5 Å². The molecule has 0 bridgehead atoms. The van der Waals surface area contributed by atoms with Gasteiger partial charge in [-0.2, -0.15) is 0 Å². The number of rotatable bonds is 30. The molecule has 0 radical (unpaired) electrons. The number of carbonyl (C=O) groups excluding carboxylic acids is 7. The van der Waals surface area contributed by atoms with Crippen LogP contribution >= 0.6 is 0 Å². The van der Waals surface area contributed by atoms with Gasteiger partial charge in [0.2, 0.25) is 41.4 Å². The molecule has 0 unspecified atom stereocenters. The molecule has 0 aliphatic carbocycles. The van der Waals surface area contributed by atoms with Gasteiger partial charge in [0.1, 0.15) is 36.3 Å². The molecule has 29 heteroatoms. The maximum absolute atomic E-state index is 14.2. The Hall–Kier alpha value is -8.60. The number of nitrogens with one attached hydrogen (secondary N) is 10. The predicted octanol–water partition coefficient (Wildman–Crippen LogP) is -6.19. The van der Waals surface area contributed by atoms with Gasteiger partial charge in [-0.1, -0.05) is 18.2 Å². The van der Waals surface area contributed by atoms with Crippen molar-refractivity contribution in [3.8, 4) is 0 Å². The van der Waals surface area contributed by atoms with Gasteiger partial charge >= 0.3 is 5.97 Å². The van der Waals surface area contributed by atoms with Crippen LogP contribution in [0.25, 0.3) is 10.9 Å². The van der Waals surface area contributed by atoms with Crippen LogP contribution in [0.2, 0.25) is 0 Å². The zero-order valence-corrected chi connectivity index (χ0v) is 38.5. The van der Waals surface area contributed by atoms with Gasteiger partial charge in [-0.25, -0.2) is 14.8 Å². The van der Waals surface area contributed by atoms with Gasteiger partial charge in [0, 0.05) is 73.2 Å². The number of H-pyrrole nitrogens is 3. The third-order valence-corrected chi connectivity index (χ3v) is 10.6. The molecule has 4 aromatic rings. The number of aliphatic imine (C=N–C) groups is 2. The van der Waals surface area contributed by atoms with E-state index in [4.69, 9.17) is 28.7 Å². The smallest absolute Gasteiger partial charge is 0.326 e. The zero-order chi connectivity index (χ0) is 51.9. The minimum absolute atomic E-state index is 0.0104. The second-order valence-electron chi connectivity index (χ2n) is 16.0. The van der Waals surface area contributed by atoms with E-state index in [1.807, 2.05) is 0 Å². The van der Waals surface area contributed by atoms with Crippen molar-refractivity contribution in [1.29, 1.82) is 0 Å². The predicted molar refractivity (Wildman–Crippen MR) is 255 cm³/mol. The van der Waals surface area contributed by atoms with Crippen LogP contribution < -0.4 is 65.9 Å². The van der Waals surface area contributed by atoms with Crippen molar-refractivity contribution in [2.75, 3.05) is 32.8 Å². The Labute approximate surface area is 405 Å². The zero-order valence-electron chi connectivity index (χ0n) is 38.5. The minimum Gasteiger partial charge on any atom is -0.480 e. The number of nitrogens with two attached hydrogens (primary N) is 5. The number of fused-ring (bicyclic) bond motifs is 1. The second-order valence-corrected chi connectivity index (χ2v) is 16.0. The number of hydrogen-bond donors (Lipinski definition) is 17. The van der Waals surface area contributed by atoms with E-state index in [0.29, 0.717) is 17.0 Å². The van der Waals surface area contributed by atoms with Gasteiger partial charge in [0.25, 0.3) is 0 Å². The fourth-order valence-corrected chi connectivity index (χ4v) is 6.99. The van der Waals surface area contributed by atoms with E-state index in [9.17, 15) is 48.6 Å². The third-order valence-electron chi connectivity index (χ3n) is 10.6. The van der Waals surface area contributed by atoms with Crippen LogP contribution in [0.3, 0.4) is 0 Å². The number of hydrogen-bond acceptors (Lipinski definition) is 14. The van der Waals surface area contributed by atoms with E-state index in [0.717, 1.165) is 10.9 Å². The van der Waals surface area contributed by atoms with E-state index < -0.39 is 103 Å². The minimum atomic E-state index is -1.69. The van der Waals surface area contributed by atoms with Crippen LogP contribution in [0, 0.1) is 0 Å². The van der Waals surface area contributed by atoms with Crippen molar-refractivity contribution in [2.24, 2.45) is 38.7 Å². The van der Waals surface area contributed by atoms with Crippen molar-refractivity contribution in [2.45, 2.75) is 81.2 Å². The number of nitrogens with zero attached hydrogens (tertiary/aromatic N) is 4. The largest absolute Gasteiger partial charge is 0.480 e. The molecule has 384 valence electrons. The first kappa shape index (κ1) is 55.0. The summed E-state index contributed by atoms with van der Waals surface area (Å²) < 4.78 is 0. The van der Waals surface area contributed by atoms with Crippen LogP contribution in [0.4, 0.5) is 0 Å². The summed E-state index contributed by atoms with van der Waals surface area (Å²) in [5.41, 5.74) is 29.5. The topological polar surface area (TPSA) is 489 Å². The van der Waals surface area contributed by atoms with Crippen molar-refractivity contribution in [1.82, 2.24) is 62.1 Å². The Kier molecular flexibility index (Phi) is 21.7. The maximum atomic E-state index is 14.2. The highest BCUT2D eigenvalue weighted by atomic mass is 16.4. The first-order valence-electron chi connectivity index (χ1n) is 22.2. The molecular weight excluding hydrogens is 931 g/mol. The van der Waals surface area contributed by atoms with Crippen LogP contribution in [0.15, 0.2) is 65.5 Å². The molecule has 71 heavy (non-hydrogen) atoms. The molecule has 7 amide bonds. The summed E-state index contributed by atoms with van der Waals surface area (Å²) in [6.07, 6.45) is 6.73. The molecule has 6 atom stereocenters. The van der Waals surface area contributed by atoms with Gasteiger partial charge in [-0.05, 0) is 37.3 Å². The number of para-hydroxylation sites is 1. The SMILES string of the molecule is NCC(=O)N[C@@H](Cc1cnc[nH]1)C(=O)NCC(=O)N[C@@H](CCCN=C(N)N)C(=O)N[C@@H](CCCN=C(N)N)C(=O)N[C@@H](Cc1cnc[nH]1)C(=O)N[C@@H](CO)C(=O)N[C@@H](Cc1c[nH]c2ccccc12)C(=O)O. The summed E-state index contributed by atoms with van der Waals surface area (Å²) in [4.78, 5) is 131. The van der Waals surface area contributed by atoms with Gasteiger partial charge in [0.05, 0.1) is 32.4 Å². The highest BCUT2D eigenvalue weighted by Crippen LogP contribution is 2.19. The van der Waals surface area contributed by atoms with Gasteiger partial charge in [0.15, 0.2) is 11.9 Å². The van der Waals surface area contributed by atoms with Gasteiger partial charge < -0.3 is 91.1 Å². The number of carbonyl (C=O) groups is 8. The van der Waals surface area contributed by atoms with Crippen molar-refractivity contribution < 1.29 is 48.6 Å². The molecule has 3 heterocycles. The average molecular weight is 992 g/mol. The molecule has 1 aromatic carbocycles. The summed E-state index contributed by atoms with van der Waals surface area (Å²) >= 11 is 0. The number of aliphatic hydroxyl groups excluding tert-OH is 1. The molecule has 3 aromatic heterocycles. The van der Waals surface area contributed by atoms with Crippen LogP contribution in [-0.4, -0.2) is 163 Å². The number of imidazole rings is 2. The maximum Gasteiger partial charge on any atom is 0.326 e. The molecular formula is C42H61N19O10. The molecule has 0 aliphatic heterocycles. The standard InChI is InChI=1S/C42H61N19O10/c43-14-33(63)57-29(12-23-16-48-20-54-23)35(65)53-18-34(64)56-27(7-3-9-50-41(44)45)36(66)58-28(8-4-10-51-42(46)47)37(67)59-30(13-24-17-49-21-55-24)38(68)61-32(19-62)39(69)60-31(40(70)71)11-22-15-52-26-6-2-1-5-25(22)26/h1-2,5-6,15-17,20-21,27-32,52,62H,3-4,7-14,18-19,43H2,(H,48,54)(H,49,55)(H,53,65)(H,56,64)(H,57,63)(H,58,66)(H,59,67)(H,60,69)(H,61,68)(H,70,71)(H4,44,45,50)(H4,46,47,51)/t27-,28-,29-,30-,31-,32-/m0/s1. The number of carboxylic acid groups (broad SMARTS) is 1. The number of benzene rings is 1. The molecule has 22 N–H and O–H groups in total. The monoisotopic (exact) mass is 991 g/mol. The summed E-state index contributed by atoms with van der Waals surface area (Å²) in [5.74, 6) is -7.92. The molecule has 0 fully saturated rings. The highest BCUT2D eigenvalue weighted by Gasteiger charge is 2.33.